The van der Waals surface area contributed by atoms with Crippen LogP contribution in [0.1, 0.15) is 55.2 Å². The zero-order chi connectivity index (χ0) is 44.7. The Kier molecular flexibility index (Phi) is 14.3. The van der Waals surface area contributed by atoms with Crippen LogP contribution in [0, 0.1) is 0 Å². The molecule has 0 N–H and O–H groups in total. The highest BCUT2D eigenvalue weighted by Gasteiger charge is 2.58. The van der Waals surface area contributed by atoms with Crippen molar-refractivity contribution in [1.82, 2.24) is 0 Å². The number of hydrogen-bond donors (Lipinski definition) is 0. The first-order valence-corrected chi connectivity index (χ1v) is 21.0. The van der Waals surface area contributed by atoms with Gasteiger partial charge in [0.15, 0.2) is 37.2 Å². The van der Waals surface area contributed by atoms with Crippen molar-refractivity contribution in [3.05, 3.63) is 131 Å². The van der Waals surface area contributed by atoms with Crippen molar-refractivity contribution in [2.45, 2.75) is 101 Å². The number of benzene rings is 4. The van der Waals surface area contributed by atoms with Crippen LogP contribution in [0.15, 0.2) is 109 Å². The van der Waals surface area contributed by atoms with E-state index in [1.54, 1.807) is 0 Å². The Morgan fingerprint density at radius 1 is 0.594 bits per heavy atom. The zero-order valence-corrected chi connectivity index (χ0v) is 35.7. The maximum absolute atomic E-state index is 14.0. The summed E-state index contributed by atoms with van der Waals surface area (Å²) in [5, 5.41) is 0. The number of rotatable bonds is 14. The molecule has 0 saturated carbocycles. The molecule has 8 rings (SSSR count). The highest BCUT2D eigenvalue weighted by atomic mass is 16.8. The van der Waals surface area contributed by atoms with Gasteiger partial charge in [-0.3, -0.25) is 14.4 Å². The quantitative estimate of drug-likeness (QED) is 0.107. The van der Waals surface area contributed by atoms with E-state index in [9.17, 15) is 19.2 Å². The Bertz CT molecular complexity index is 2190. The van der Waals surface area contributed by atoms with E-state index in [0.717, 1.165) is 47.2 Å². The molecule has 0 unspecified atom stereocenters. The lowest BCUT2D eigenvalue weighted by Crippen LogP contribution is -2.67. The van der Waals surface area contributed by atoms with Gasteiger partial charge in [-0.1, -0.05) is 109 Å². The normalized spacial score (nSPS) is 28.4. The molecule has 1 aliphatic carbocycles. The van der Waals surface area contributed by atoms with E-state index in [1.807, 2.05) is 109 Å². The van der Waals surface area contributed by atoms with E-state index in [2.05, 4.69) is 0 Å². The number of carbonyl (C=O) groups is 4. The first-order chi connectivity index (χ1) is 31.1. The Morgan fingerprint density at radius 3 is 1.86 bits per heavy atom. The average molecular weight is 883 g/mol. The third-order valence-corrected chi connectivity index (χ3v) is 11.4. The highest BCUT2D eigenvalue weighted by molar-refractivity contribution is 5.79. The van der Waals surface area contributed by atoms with Crippen molar-refractivity contribution in [3.63, 3.8) is 0 Å². The monoisotopic (exact) mass is 882 g/mol. The predicted molar refractivity (Wildman–Crippen MR) is 222 cm³/mol. The molecule has 0 bridgehead atoms. The Balaban J connectivity index is 1.13. The van der Waals surface area contributed by atoms with Gasteiger partial charge in [-0.15, -0.1) is 0 Å². The van der Waals surface area contributed by atoms with E-state index < -0.39 is 98.4 Å². The van der Waals surface area contributed by atoms with Crippen LogP contribution in [0.2, 0.25) is 0 Å². The molecule has 3 aliphatic heterocycles. The molecule has 0 amide bonds. The first kappa shape index (κ1) is 44.9. The lowest BCUT2D eigenvalue weighted by atomic mass is 9.95. The van der Waals surface area contributed by atoms with E-state index in [0.29, 0.717) is 0 Å². The molecule has 4 aromatic carbocycles. The van der Waals surface area contributed by atoms with Crippen LogP contribution in [0.25, 0.3) is 11.1 Å². The van der Waals surface area contributed by atoms with Crippen LogP contribution in [0.5, 0.6) is 0 Å². The molecule has 338 valence electrons. The fourth-order valence-corrected chi connectivity index (χ4v) is 8.61. The summed E-state index contributed by atoms with van der Waals surface area (Å²) in [6, 6.07) is 34.5. The molecule has 16 nitrogen and oxygen atoms in total. The number of fused-ring (bicyclic) bond motifs is 4. The number of esters is 3. The maximum Gasteiger partial charge on any atom is 0.508 e. The molecule has 16 heteroatoms. The van der Waals surface area contributed by atoms with Gasteiger partial charge in [0.25, 0.3) is 0 Å². The largest absolute Gasteiger partial charge is 0.508 e. The van der Waals surface area contributed by atoms with Crippen molar-refractivity contribution in [1.29, 1.82) is 0 Å². The van der Waals surface area contributed by atoms with Gasteiger partial charge in [0.05, 0.1) is 13.2 Å². The SMILES string of the molecule is CO[C@H]1O[C@@H]2CO[C@@H](c3ccccc3)O[C@H]2[C@H](OCc2ccccc2)[C@H]1O[C@@H]1O[C@H](COC(C)=O)[C@@H](OC(C)=O)[C@H](OC(C)=O)[C@H]1OC(=O)OCC1c2ccccc2-c2ccccc21. The molecule has 3 fully saturated rings. The fourth-order valence-electron chi connectivity index (χ4n) is 8.61. The van der Waals surface area contributed by atoms with Crippen LogP contribution in [-0.4, -0.2) is 112 Å². The van der Waals surface area contributed by atoms with Gasteiger partial charge in [0.1, 0.15) is 43.7 Å². The summed E-state index contributed by atoms with van der Waals surface area (Å²) in [6.45, 7) is 3.09. The molecular formula is C48H50O16. The van der Waals surface area contributed by atoms with Crippen molar-refractivity contribution >= 4 is 24.1 Å². The number of carbonyl (C=O) groups excluding carboxylic acids is 4. The Morgan fingerprint density at radius 2 is 1.22 bits per heavy atom. The molecule has 11 atom stereocenters. The number of methoxy groups -OCH3 is 1. The first-order valence-electron chi connectivity index (χ1n) is 21.0. The van der Waals surface area contributed by atoms with Crippen LogP contribution >= 0.6 is 0 Å². The lowest BCUT2D eigenvalue weighted by Gasteiger charge is -2.50. The summed E-state index contributed by atoms with van der Waals surface area (Å²) in [4.78, 5) is 51.6. The second kappa shape index (κ2) is 20.4. The van der Waals surface area contributed by atoms with Gasteiger partial charge in [-0.2, -0.15) is 0 Å². The molecule has 4 aliphatic rings. The summed E-state index contributed by atoms with van der Waals surface area (Å²) in [5.74, 6) is -2.60. The smallest absolute Gasteiger partial charge is 0.463 e. The predicted octanol–water partition coefficient (Wildman–Crippen LogP) is 5.93. The van der Waals surface area contributed by atoms with Gasteiger partial charge in [-0.25, -0.2) is 4.79 Å². The second-order valence-corrected chi connectivity index (χ2v) is 15.7. The van der Waals surface area contributed by atoms with Gasteiger partial charge in [0, 0.05) is 39.4 Å². The Hall–Kier alpha value is -5.72. The van der Waals surface area contributed by atoms with Crippen LogP contribution in [0.4, 0.5) is 4.79 Å². The molecule has 0 spiro atoms. The van der Waals surface area contributed by atoms with E-state index >= 15 is 0 Å². The van der Waals surface area contributed by atoms with Crippen molar-refractivity contribution in [2.24, 2.45) is 0 Å². The fraction of sp³-hybridized carbons (Fsp3) is 0.417. The van der Waals surface area contributed by atoms with Crippen LogP contribution in [0.3, 0.4) is 0 Å². The average Bonchev–Trinajstić information content (AvgIpc) is 3.62. The van der Waals surface area contributed by atoms with Crippen LogP contribution < -0.4 is 0 Å². The zero-order valence-electron chi connectivity index (χ0n) is 35.7. The highest BCUT2D eigenvalue weighted by Crippen LogP contribution is 2.45. The van der Waals surface area contributed by atoms with E-state index in [1.165, 1.54) is 14.0 Å². The molecule has 3 heterocycles. The maximum atomic E-state index is 14.0. The van der Waals surface area contributed by atoms with Crippen molar-refractivity contribution in [2.75, 3.05) is 26.9 Å². The minimum absolute atomic E-state index is 0.107. The van der Waals surface area contributed by atoms with Gasteiger partial charge in [0.2, 0.25) is 0 Å². The van der Waals surface area contributed by atoms with Gasteiger partial charge < -0.3 is 56.8 Å². The van der Waals surface area contributed by atoms with Crippen LogP contribution in [-0.2, 0) is 77.8 Å². The van der Waals surface area contributed by atoms with Crippen molar-refractivity contribution < 1.29 is 76.0 Å². The summed E-state index contributed by atoms with van der Waals surface area (Å²) in [7, 11) is 1.42. The number of ether oxygens (including phenoxy) is 12. The molecule has 0 radical (unpaired) electrons. The van der Waals surface area contributed by atoms with E-state index in [4.69, 9.17) is 56.8 Å². The van der Waals surface area contributed by atoms with Gasteiger partial charge >= 0.3 is 24.1 Å². The minimum Gasteiger partial charge on any atom is -0.463 e. The number of hydrogen-bond acceptors (Lipinski definition) is 16. The molecule has 4 aromatic rings. The summed E-state index contributed by atoms with van der Waals surface area (Å²) in [5.41, 5.74) is 5.57. The third kappa shape index (κ3) is 10.1. The van der Waals surface area contributed by atoms with E-state index in [-0.39, 0.29) is 25.7 Å². The summed E-state index contributed by atoms with van der Waals surface area (Å²) < 4.78 is 73.6. The summed E-state index contributed by atoms with van der Waals surface area (Å²) >= 11 is 0. The topological polar surface area (TPSA) is 179 Å². The molecule has 64 heavy (non-hydrogen) atoms. The Labute approximate surface area is 369 Å². The molecular weight excluding hydrogens is 833 g/mol. The van der Waals surface area contributed by atoms with Gasteiger partial charge in [-0.05, 0) is 27.8 Å². The minimum atomic E-state index is -1.67. The van der Waals surface area contributed by atoms with Crippen molar-refractivity contribution in [3.8, 4) is 11.1 Å². The molecule has 0 aromatic heterocycles. The standard InChI is InChI=1S/C48H50O16/c1-27(49)54-25-37-40(58-28(2)50)42(59-29(3)51)44(64-48(52)57-24-36-34-21-13-11-19-32(34)33-20-12-14-22-35(33)36)47(61-37)63-43-41(55-23-30-15-7-5-8-16-30)39-38(60-46(43)53-4)26-56-45(62-39)31-17-9-6-10-18-31/h5-22,36-47H,23-26H2,1-4H3/t37-,38-,39-,40-,41+,42+,43-,44-,45-,46+,47+/m1/s1. The third-order valence-electron chi connectivity index (χ3n) is 11.4. The second-order valence-electron chi connectivity index (χ2n) is 15.7. The summed E-state index contributed by atoms with van der Waals surface area (Å²) in [6.07, 6.45) is -14.5. The molecule has 3 saturated heterocycles. The lowest BCUT2D eigenvalue weighted by molar-refractivity contribution is -0.395.